The highest BCUT2D eigenvalue weighted by atomic mass is 32.1. The normalized spacial score (nSPS) is 13.9. The summed E-state index contributed by atoms with van der Waals surface area (Å²) in [4.78, 5) is 6.13. The highest BCUT2D eigenvalue weighted by molar-refractivity contribution is 7.12. The number of nitrogens with zero attached hydrogens (tertiary/aromatic N) is 1. The van der Waals surface area contributed by atoms with Gasteiger partial charge in [0.25, 0.3) is 0 Å². The van der Waals surface area contributed by atoms with Gasteiger partial charge in [-0.15, -0.1) is 11.3 Å². The minimum Gasteiger partial charge on any atom is -0.309 e. The minimum absolute atomic E-state index is 0.162. The molecule has 0 aliphatic carbocycles. The van der Waals surface area contributed by atoms with E-state index < -0.39 is 0 Å². The van der Waals surface area contributed by atoms with Gasteiger partial charge in [-0.2, -0.15) is 0 Å². The molecule has 0 fully saturated rings. The Balaban J connectivity index is 2.63. The average Bonchev–Trinajstić information content (AvgIpc) is 2.66. The second kappa shape index (κ2) is 6.67. The van der Waals surface area contributed by atoms with Crippen LogP contribution in [0, 0.1) is 6.92 Å². The first-order valence-electron chi connectivity index (χ1n) is 7.07. The summed E-state index contributed by atoms with van der Waals surface area (Å²) in [6.07, 6.45) is 3.86. The summed E-state index contributed by atoms with van der Waals surface area (Å²) in [6, 6.07) is 0.426. The standard InChI is InChI=1S/C15H28N2S/c1-7-8-9-10-16-11(2)13-12(3)17-14(18-13)15(4,5)6/h11,16H,7-10H2,1-6H3. The van der Waals surface area contributed by atoms with Crippen LogP contribution in [0.25, 0.3) is 0 Å². The maximum Gasteiger partial charge on any atom is 0.0985 e. The molecule has 1 unspecified atom stereocenters. The Morgan fingerprint density at radius 3 is 2.44 bits per heavy atom. The van der Waals surface area contributed by atoms with Crippen molar-refractivity contribution in [2.75, 3.05) is 6.54 Å². The average molecular weight is 268 g/mol. The molecule has 104 valence electrons. The molecule has 0 bridgehead atoms. The van der Waals surface area contributed by atoms with E-state index in [1.165, 1.54) is 34.8 Å². The summed E-state index contributed by atoms with van der Waals surface area (Å²) in [5.74, 6) is 0. The number of aromatic nitrogens is 1. The Labute approximate surface area is 116 Å². The maximum absolute atomic E-state index is 4.73. The highest BCUT2D eigenvalue weighted by Gasteiger charge is 2.22. The molecule has 1 aromatic heterocycles. The van der Waals surface area contributed by atoms with Crippen molar-refractivity contribution in [1.82, 2.24) is 10.3 Å². The highest BCUT2D eigenvalue weighted by Crippen LogP contribution is 2.32. The number of aryl methyl sites for hydroxylation is 1. The van der Waals surface area contributed by atoms with Crippen LogP contribution in [0.1, 0.15) is 75.5 Å². The van der Waals surface area contributed by atoms with E-state index in [2.05, 4.69) is 46.9 Å². The topological polar surface area (TPSA) is 24.9 Å². The van der Waals surface area contributed by atoms with Crippen molar-refractivity contribution in [3.8, 4) is 0 Å². The van der Waals surface area contributed by atoms with Gasteiger partial charge in [-0.25, -0.2) is 4.98 Å². The molecule has 0 spiro atoms. The lowest BCUT2D eigenvalue weighted by Crippen LogP contribution is -2.19. The Bertz CT molecular complexity index is 363. The number of rotatable bonds is 6. The molecular formula is C15H28N2S. The molecule has 1 N–H and O–H groups in total. The molecule has 1 atom stereocenters. The van der Waals surface area contributed by atoms with Crippen LogP contribution in [0.2, 0.25) is 0 Å². The van der Waals surface area contributed by atoms with Gasteiger partial charge in [0.05, 0.1) is 10.7 Å². The van der Waals surface area contributed by atoms with Crippen molar-refractivity contribution >= 4 is 11.3 Å². The van der Waals surface area contributed by atoms with Crippen LogP contribution in [0.3, 0.4) is 0 Å². The van der Waals surface area contributed by atoms with Gasteiger partial charge in [-0.3, -0.25) is 0 Å². The molecular weight excluding hydrogens is 240 g/mol. The smallest absolute Gasteiger partial charge is 0.0985 e. The van der Waals surface area contributed by atoms with Gasteiger partial charge in [-0.1, -0.05) is 40.5 Å². The number of nitrogens with one attached hydrogen (secondary N) is 1. The summed E-state index contributed by atoms with van der Waals surface area (Å²) in [5.41, 5.74) is 1.36. The number of hydrogen-bond donors (Lipinski definition) is 1. The van der Waals surface area contributed by atoms with Crippen molar-refractivity contribution in [2.45, 2.75) is 72.3 Å². The molecule has 3 heteroatoms. The fraction of sp³-hybridized carbons (Fsp3) is 0.800. The molecule has 1 aromatic rings. The van der Waals surface area contributed by atoms with Crippen molar-refractivity contribution < 1.29 is 0 Å². The quantitative estimate of drug-likeness (QED) is 0.763. The molecule has 0 aliphatic rings. The van der Waals surface area contributed by atoms with Crippen molar-refractivity contribution in [3.63, 3.8) is 0 Å². The SMILES string of the molecule is CCCCCNC(C)c1sc(C(C)(C)C)nc1C. The minimum atomic E-state index is 0.162. The molecule has 0 amide bonds. The van der Waals surface area contributed by atoms with Gasteiger partial charge in [0.15, 0.2) is 0 Å². The van der Waals surface area contributed by atoms with Crippen molar-refractivity contribution in [1.29, 1.82) is 0 Å². The van der Waals surface area contributed by atoms with Crippen LogP contribution in [0.4, 0.5) is 0 Å². The maximum atomic E-state index is 4.73. The van der Waals surface area contributed by atoms with Gasteiger partial charge in [-0.05, 0) is 26.8 Å². The third kappa shape index (κ3) is 4.36. The van der Waals surface area contributed by atoms with Gasteiger partial charge < -0.3 is 5.32 Å². The second-order valence-corrected chi connectivity index (χ2v) is 7.13. The lowest BCUT2D eigenvalue weighted by atomic mass is 9.98. The van der Waals surface area contributed by atoms with Gasteiger partial charge in [0, 0.05) is 16.3 Å². The zero-order valence-electron chi connectivity index (χ0n) is 12.8. The lowest BCUT2D eigenvalue weighted by molar-refractivity contribution is 0.547. The summed E-state index contributed by atoms with van der Waals surface area (Å²) < 4.78 is 0. The summed E-state index contributed by atoms with van der Waals surface area (Å²) >= 11 is 1.86. The first-order valence-corrected chi connectivity index (χ1v) is 7.89. The molecule has 0 radical (unpaired) electrons. The van der Waals surface area contributed by atoms with Gasteiger partial charge in [0.1, 0.15) is 0 Å². The fourth-order valence-corrected chi connectivity index (χ4v) is 3.07. The van der Waals surface area contributed by atoms with Crippen LogP contribution in [-0.2, 0) is 5.41 Å². The largest absolute Gasteiger partial charge is 0.309 e. The second-order valence-electron chi connectivity index (χ2n) is 6.10. The Kier molecular flexibility index (Phi) is 5.80. The van der Waals surface area contributed by atoms with Crippen molar-refractivity contribution in [2.24, 2.45) is 0 Å². The monoisotopic (exact) mass is 268 g/mol. The fourth-order valence-electron chi connectivity index (χ4n) is 1.92. The van der Waals surface area contributed by atoms with E-state index in [0.717, 1.165) is 6.54 Å². The van der Waals surface area contributed by atoms with Crippen LogP contribution in [0.15, 0.2) is 0 Å². The zero-order valence-corrected chi connectivity index (χ0v) is 13.6. The summed E-state index contributed by atoms with van der Waals surface area (Å²) in [6.45, 7) is 14.4. The predicted molar refractivity (Wildman–Crippen MR) is 81.5 cm³/mol. The van der Waals surface area contributed by atoms with E-state index in [-0.39, 0.29) is 5.41 Å². The molecule has 0 aromatic carbocycles. The van der Waals surface area contributed by atoms with Crippen molar-refractivity contribution in [3.05, 3.63) is 15.6 Å². The molecule has 0 saturated carbocycles. The summed E-state index contributed by atoms with van der Waals surface area (Å²) in [7, 11) is 0. The van der Waals surface area contributed by atoms with E-state index in [9.17, 15) is 0 Å². The third-order valence-corrected chi connectivity index (χ3v) is 4.86. The zero-order chi connectivity index (χ0) is 13.8. The Hall–Kier alpha value is -0.410. The first kappa shape index (κ1) is 15.6. The molecule has 18 heavy (non-hydrogen) atoms. The van der Waals surface area contributed by atoms with E-state index >= 15 is 0 Å². The third-order valence-electron chi connectivity index (χ3n) is 3.10. The van der Waals surface area contributed by atoms with E-state index in [0.29, 0.717) is 6.04 Å². The van der Waals surface area contributed by atoms with Crippen LogP contribution >= 0.6 is 11.3 Å². The number of thiazole rings is 1. The summed E-state index contributed by atoms with van der Waals surface area (Å²) in [5, 5.41) is 4.86. The molecule has 0 saturated heterocycles. The molecule has 1 rings (SSSR count). The Morgan fingerprint density at radius 1 is 1.28 bits per heavy atom. The molecule has 0 aliphatic heterocycles. The predicted octanol–water partition coefficient (Wildman–Crippen LogP) is 4.59. The number of hydrogen-bond acceptors (Lipinski definition) is 3. The van der Waals surface area contributed by atoms with Gasteiger partial charge in [0.2, 0.25) is 0 Å². The lowest BCUT2D eigenvalue weighted by Gasteiger charge is -2.14. The van der Waals surface area contributed by atoms with Crippen LogP contribution in [0.5, 0.6) is 0 Å². The first-order chi connectivity index (χ1) is 8.36. The van der Waals surface area contributed by atoms with Gasteiger partial charge >= 0.3 is 0 Å². The Morgan fingerprint density at radius 2 is 1.94 bits per heavy atom. The van der Waals surface area contributed by atoms with E-state index in [1.54, 1.807) is 0 Å². The molecule has 2 nitrogen and oxygen atoms in total. The van der Waals surface area contributed by atoms with Crippen LogP contribution < -0.4 is 5.32 Å². The molecule has 1 heterocycles. The van der Waals surface area contributed by atoms with Crippen LogP contribution in [-0.4, -0.2) is 11.5 Å². The van der Waals surface area contributed by atoms with E-state index in [4.69, 9.17) is 4.98 Å². The number of unbranched alkanes of at least 4 members (excludes halogenated alkanes) is 2. The van der Waals surface area contributed by atoms with E-state index in [1.807, 2.05) is 11.3 Å².